The molecule has 0 amide bonds. The number of carbonyl (C=O) groups is 1. The quantitative estimate of drug-likeness (QED) is 0.522. The minimum absolute atomic E-state index is 0.00479. The Kier molecular flexibility index (Phi) is 4.51. The van der Waals surface area contributed by atoms with Crippen LogP contribution < -0.4 is 21.3 Å². The zero-order chi connectivity index (χ0) is 19.0. The Morgan fingerprint density at radius 2 is 2.12 bits per heavy atom. The molecule has 1 aliphatic rings. The topological polar surface area (TPSA) is 139 Å². The van der Waals surface area contributed by atoms with Crippen molar-refractivity contribution in [3.05, 3.63) is 74.3 Å². The average molecular weight is 360 g/mol. The van der Waals surface area contributed by atoms with Gasteiger partial charge in [0.25, 0.3) is 0 Å². The fraction of sp³-hybridized carbons (Fsp3) is 0.176. The monoisotopic (exact) mass is 360 g/mol. The van der Waals surface area contributed by atoms with Crippen LogP contribution in [0.1, 0.15) is 22.8 Å². The average Bonchev–Trinajstić information content (AvgIpc) is 2.59. The van der Waals surface area contributed by atoms with E-state index in [9.17, 15) is 20.0 Å². The maximum atomic E-state index is 12.5. The van der Waals surface area contributed by atoms with Crippen molar-refractivity contribution in [1.29, 1.82) is 0 Å². The van der Waals surface area contributed by atoms with E-state index in [1.165, 1.54) is 31.4 Å². The van der Waals surface area contributed by atoms with Gasteiger partial charge in [0.05, 0.1) is 18.6 Å². The molecule has 3 rings (SSSR count). The van der Waals surface area contributed by atoms with Gasteiger partial charge in [-0.05, 0) is 12.5 Å². The van der Waals surface area contributed by atoms with Crippen molar-refractivity contribution in [3.63, 3.8) is 0 Å². The summed E-state index contributed by atoms with van der Waals surface area (Å²) < 4.78 is 15.3. The number of fused-ring (bicyclic) bond motifs is 1. The van der Waals surface area contributed by atoms with Gasteiger partial charge >= 0.3 is 11.6 Å². The van der Waals surface area contributed by atoms with E-state index in [2.05, 4.69) is 0 Å². The Bertz CT molecular complexity index is 962. The van der Waals surface area contributed by atoms with E-state index in [1.54, 1.807) is 13.0 Å². The van der Waals surface area contributed by atoms with E-state index in [0.29, 0.717) is 11.3 Å². The van der Waals surface area contributed by atoms with Gasteiger partial charge in [0.1, 0.15) is 17.1 Å². The second-order valence-electron chi connectivity index (χ2n) is 5.66. The number of methoxy groups -OCH3 is 1. The van der Waals surface area contributed by atoms with Crippen LogP contribution in [0.5, 0.6) is 5.75 Å². The number of quaternary nitrogens is 1. The normalized spacial score (nSPS) is 17.3. The second-order valence-corrected chi connectivity index (χ2v) is 5.66. The Hall–Kier alpha value is -3.14. The molecule has 0 saturated heterocycles. The Morgan fingerprint density at radius 3 is 2.77 bits per heavy atom. The number of carbonyl (C=O) groups excluding carboxylic acids is 1. The van der Waals surface area contributed by atoms with E-state index < -0.39 is 22.7 Å². The summed E-state index contributed by atoms with van der Waals surface area (Å²) >= 11 is 0. The summed E-state index contributed by atoms with van der Waals surface area (Å²) in [6.07, 6.45) is 0. The molecule has 0 aliphatic carbocycles. The number of rotatable bonds is 3. The molecule has 4 N–H and O–H groups in total. The van der Waals surface area contributed by atoms with E-state index in [4.69, 9.17) is 19.6 Å². The van der Waals surface area contributed by atoms with Crippen molar-refractivity contribution >= 4 is 11.7 Å². The van der Waals surface area contributed by atoms with Gasteiger partial charge in [-0.1, -0.05) is 12.1 Å². The molecular formula is C17H16N2O7. The maximum absolute atomic E-state index is 12.5. The van der Waals surface area contributed by atoms with E-state index >= 15 is 0 Å². The number of hydrogen-bond acceptors (Lipinski definition) is 8. The van der Waals surface area contributed by atoms with Crippen molar-refractivity contribution < 1.29 is 29.1 Å². The summed E-state index contributed by atoms with van der Waals surface area (Å²) in [5.74, 6) is -1.54. The summed E-state index contributed by atoms with van der Waals surface area (Å²) in [5.41, 5.74) is 5.51. The molecule has 2 aromatic rings. The van der Waals surface area contributed by atoms with Gasteiger partial charge in [0.2, 0.25) is 5.88 Å². The summed E-state index contributed by atoms with van der Waals surface area (Å²) in [4.78, 5) is 24.8. The van der Waals surface area contributed by atoms with Gasteiger partial charge in [-0.2, -0.15) is 5.23 Å². The maximum Gasteiger partial charge on any atom is 0.343 e. The molecule has 0 fully saturated rings. The van der Waals surface area contributed by atoms with Crippen LogP contribution >= 0.6 is 0 Å². The van der Waals surface area contributed by atoms with Crippen molar-refractivity contribution in [2.75, 3.05) is 7.11 Å². The van der Waals surface area contributed by atoms with Crippen LogP contribution in [0.3, 0.4) is 0 Å². The minimum atomic E-state index is -1.15. The molecule has 1 aliphatic heterocycles. The molecule has 0 spiro atoms. The minimum Gasteiger partial charge on any atom is -0.595 e. The van der Waals surface area contributed by atoms with Crippen molar-refractivity contribution in [1.82, 2.24) is 0 Å². The lowest BCUT2D eigenvalue weighted by molar-refractivity contribution is -0.991. The number of benzene rings is 1. The fourth-order valence-corrected chi connectivity index (χ4v) is 2.91. The molecule has 2 atom stereocenters. The molecule has 1 aromatic heterocycles. The molecule has 9 heteroatoms. The third kappa shape index (κ3) is 2.94. The van der Waals surface area contributed by atoms with Gasteiger partial charge < -0.3 is 24.8 Å². The first kappa shape index (κ1) is 17.7. The highest BCUT2D eigenvalue weighted by atomic mass is 16.8. The summed E-state index contributed by atoms with van der Waals surface area (Å²) in [5, 5.41) is 19.4. The molecule has 0 bridgehead atoms. The van der Waals surface area contributed by atoms with Gasteiger partial charge in [-0.15, -0.1) is 0 Å². The second kappa shape index (κ2) is 6.64. The highest BCUT2D eigenvalue weighted by Gasteiger charge is 2.38. The summed E-state index contributed by atoms with van der Waals surface area (Å²) in [6, 6.07) is 7.33. The summed E-state index contributed by atoms with van der Waals surface area (Å²) in [6.45, 7) is 1.57. The van der Waals surface area contributed by atoms with Crippen LogP contribution in [0, 0.1) is 12.1 Å². The SMILES string of the molecule is COC(=O)C1=C(N)Oc2cc(C)oc(=O)c2C1c1cccc([NH+]([O-])O)c1. The standard InChI is InChI=1S/C17H16N2O7/c1-8-6-11-13(17(21)25-8)12(14(15(18)26-11)16(20)24-2)9-4-3-5-10(7-9)19(22)23/h3-7,12,19,22H,18H2,1-2H3. The van der Waals surface area contributed by atoms with Crippen LogP contribution in [0.2, 0.25) is 0 Å². The van der Waals surface area contributed by atoms with Crippen LogP contribution in [-0.2, 0) is 9.53 Å². The summed E-state index contributed by atoms with van der Waals surface area (Å²) in [7, 11) is 1.17. The van der Waals surface area contributed by atoms with Gasteiger partial charge in [-0.25, -0.2) is 14.8 Å². The smallest absolute Gasteiger partial charge is 0.343 e. The zero-order valence-corrected chi connectivity index (χ0v) is 13.9. The zero-order valence-electron chi connectivity index (χ0n) is 13.9. The molecule has 0 saturated carbocycles. The number of aryl methyl sites for hydroxylation is 1. The third-order valence-corrected chi connectivity index (χ3v) is 4.01. The Labute approximate surface area is 147 Å². The Balaban J connectivity index is 2.30. The molecule has 2 unspecified atom stereocenters. The molecule has 9 nitrogen and oxygen atoms in total. The van der Waals surface area contributed by atoms with Crippen LogP contribution in [-0.4, -0.2) is 18.3 Å². The predicted octanol–water partition coefficient (Wildman–Crippen LogP) is 0.219. The van der Waals surface area contributed by atoms with E-state index in [0.717, 1.165) is 0 Å². The van der Waals surface area contributed by atoms with Crippen LogP contribution in [0.4, 0.5) is 5.69 Å². The first-order chi connectivity index (χ1) is 12.3. The highest BCUT2D eigenvalue weighted by Crippen LogP contribution is 2.41. The Morgan fingerprint density at radius 1 is 1.38 bits per heavy atom. The van der Waals surface area contributed by atoms with Crippen molar-refractivity contribution in [2.24, 2.45) is 5.73 Å². The van der Waals surface area contributed by atoms with E-state index in [1.807, 2.05) is 0 Å². The first-order valence-electron chi connectivity index (χ1n) is 7.57. The molecule has 0 radical (unpaired) electrons. The lowest BCUT2D eigenvalue weighted by Gasteiger charge is -2.27. The number of nitrogens with two attached hydrogens (primary N) is 1. The van der Waals surface area contributed by atoms with Crippen LogP contribution in [0.15, 0.2) is 51.0 Å². The number of ether oxygens (including phenoxy) is 2. The third-order valence-electron chi connectivity index (χ3n) is 4.01. The first-order valence-corrected chi connectivity index (χ1v) is 7.57. The van der Waals surface area contributed by atoms with Crippen molar-refractivity contribution in [3.8, 4) is 5.75 Å². The number of nitrogens with one attached hydrogen (secondary N) is 1. The largest absolute Gasteiger partial charge is 0.595 e. The predicted molar refractivity (Wildman–Crippen MR) is 87.6 cm³/mol. The molecular weight excluding hydrogens is 344 g/mol. The van der Waals surface area contributed by atoms with Gasteiger partial charge in [0.15, 0.2) is 5.69 Å². The lowest BCUT2D eigenvalue weighted by Crippen LogP contribution is -2.99. The van der Waals surface area contributed by atoms with Gasteiger partial charge in [-0.3, -0.25) is 0 Å². The number of hydrogen-bond donors (Lipinski definition) is 3. The molecule has 1 aromatic carbocycles. The fourth-order valence-electron chi connectivity index (χ4n) is 2.91. The molecule has 26 heavy (non-hydrogen) atoms. The molecule has 2 heterocycles. The van der Waals surface area contributed by atoms with Gasteiger partial charge in [0, 0.05) is 18.2 Å². The van der Waals surface area contributed by atoms with Crippen molar-refractivity contribution in [2.45, 2.75) is 12.8 Å². The highest BCUT2D eigenvalue weighted by molar-refractivity contribution is 5.92. The number of esters is 1. The van der Waals surface area contributed by atoms with Crippen LogP contribution in [0.25, 0.3) is 0 Å². The van der Waals surface area contributed by atoms with E-state index in [-0.39, 0.29) is 28.5 Å². The lowest BCUT2D eigenvalue weighted by atomic mass is 9.83. The molecule has 136 valence electrons.